The maximum absolute atomic E-state index is 9.84. The summed E-state index contributed by atoms with van der Waals surface area (Å²) in [7, 11) is 0. The van der Waals surface area contributed by atoms with Gasteiger partial charge in [-0.05, 0) is 63.5 Å². The molecule has 0 aromatic carbocycles. The highest BCUT2D eigenvalue weighted by atomic mass is 32.2. The topological polar surface area (TPSA) is 85.9 Å². The molecule has 4 N–H and O–H groups in total. The molecule has 5 rings (SSSR count). The maximum atomic E-state index is 9.84. The van der Waals surface area contributed by atoms with E-state index in [0.717, 1.165) is 43.1 Å². The predicted octanol–water partition coefficient (Wildman–Crippen LogP) is 6.35. The van der Waals surface area contributed by atoms with Gasteiger partial charge in [-0.3, -0.25) is 5.10 Å². The van der Waals surface area contributed by atoms with Crippen molar-refractivity contribution in [2.45, 2.75) is 112 Å². The molecule has 0 radical (unpaired) electrons. The summed E-state index contributed by atoms with van der Waals surface area (Å²) < 4.78 is 0. The van der Waals surface area contributed by atoms with Crippen LogP contribution >= 0.6 is 11.8 Å². The van der Waals surface area contributed by atoms with Crippen LogP contribution in [0.1, 0.15) is 95.1 Å². The van der Waals surface area contributed by atoms with Crippen LogP contribution in [0.2, 0.25) is 0 Å². The van der Waals surface area contributed by atoms with Gasteiger partial charge in [0.25, 0.3) is 0 Å². The lowest BCUT2D eigenvalue weighted by Crippen LogP contribution is -2.28. The summed E-state index contributed by atoms with van der Waals surface area (Å²) in [6, 6.07) is 6.94. The number of aromatic amines is 1. The summed E-state index contributed by atoms with van der Waals surface area (Å²) in [6.07, 6.45) is 15.5. The monoisotopic (exact) mass is 455 g/mol. The molecule has 32 heavy (non-hydrogen) atoms. The fourth-order valence-corrected chi connectivity index (χ4v) is 6.81. The van der Waals surface area contributed by atoms with E-state index >= 15 is 0 Å². The lowest BCUT2D eigenvalue weighted by atomic mass is 9.93. The Kier molecular flexibility index (Phi) is 7.22. The molecule has 174 valence electrons. The number of aliphatic hydroxyl groups excluding tert-OH is 1. The Balaban J connectivity index is 1.32. The second-order valence-corrected chi connectivity index (χ2v) is 11.3. The molecule has 7 heteroatoms. The first-order chi connectivity index (χ1) is 15.7. The largest absolute Gasteiger partial charge is 0.393 e. The number of H-pyrrole nitrogens is 1. The molecular formula is C25H37N5OS. The van der Waals surface area contributed by atoms with Crippen LogP contribution in [0.5, 0.6) is 0 Å². The number of nitrogens with zero attached hydrogens (tertiary/aromatic N) is 2. The molecule has 0 aliphatic heterocycles. The van der Waals surface area contributed by atoms with E-state index in [0.29, 0.717) is 17.2 Å². The van der Waals surface area contributed by atoms with E-state index in [1.165, 1.54) is 68.4 Å². The first-order valence-corrected chi connectivity index (χ1v) is 13.5. The van der Waals surface area contributed by atoms with Gasteiger partial charge in [0.2, 0.25) is 0 Å². The number of nitrogens with one attached hydrogen (secondary N) is 3. The third kappa shape index (κ3) is 5.79. The van der Waals surface area contributed by atoms with Crippen molar-refractivity contribution in [3.8, 4) is 0 Å². The van der Waals surface area contributed by atoms with Crippen molar-refractivity contribution in [3.63, 3.8) is 0 Å². The summed E-state index contributed by atoms with van der Waals surface area (Å²) >= 11 is 2.00. The van der Waals surface area contributed by atoms with E-state index in [1.807, 2.05) is 11.8 Å². The fraction of sp³-hybridized carbons (Fsp3) is 0.680. The second-order valence-electron chi connectivity index (χ2n) is 9.92. The van der Waals surface area contributed by atoms with E-state index in [-0.39, 0.29) is 6.10 Å². The molecule has 0 atom stereocenters. The number of hydrogen-bond acceptors (Lipinski definition) is 6. The number of rotatable bonds is 7. The molecule has 3 aliphatic carbocycles. The molecule has 2 heterocycles. The van der Waals surface area contributed by atoms with E-state index in [9.17, 15) is 5.11 Å². The van der Waals surface area contributed by atoms with E-state index in [4.69, 9.17) is 4.98 Å². The van der Waals surface area contributed by atoms with Gasteiger partial charge in [0.05, 0.1) is 6.10 Å². The third-order valence-corrected chi connectivity index (χ3v) is 8.66. The molecule has 3 aliphatic rings. The highest BCUT2D eigenvalue weighted by molar-refractivity contribution is 8.00. The normalized spacial score (nSPS) is 25.2. The van der Waals surface area contributed by atoms with Crippen molar-refractivity contribution in [2.24, 2.45) is 0 Å². The fourth-order valence-electron chi connectivity index (χ4n) is 5.49. The molecule has 2 aromatic rings. The predicted molar refractivity (Wildman–Crippen MR) is 132 cm³/mol. The Morgan fingerprint density at radius 1 is 0.812 bits per heavy atom. The van der Waals surface area contributed by atoms with Crippen LogP contribution in [0.15, 0.2) is 23.1 Å². The van der Waals surface area contributed by atoms with Gasteiger partial charge in [0.15, 0.2) is 5.82 Å². The van der Waals surface area contributed by atoms with E-state index in [1.54, 1.807) is 0 Å². The second kappa shape index (κ2) is 10.5. The minimum absolute atomic E-state index is 0.139. The van der Waals surface area contributed by atoms with Crippen molar-refractivity contribution in [1.29, 1.82) is 0 Å². The number of pyridine rings is 1. The summed E-state index contributed by atoms with van der Waals surface area (Å²) in [5.74, 6) is 3.26. The summed E-state index contributed by atoms with van der Waals surface area (Å²) in [6.45, 7) is 0. The molecule has 2 aromatic heterocycles. The number of aromatic nitrogens is 3. The molecule has 0 saturated heterocycles. The van der Waals surface area contributed by atoms with Gasteiger partial charge in [0.1, 0.15) is 11.6 Å². The molecule has 6 nitrogen and oxygen atoms in total. The Morgan fingerprint density at radius 3 is 2.31 bits per heavy atom. The minimum Gasteiger partial charge on any atom is -0.393 e. The highest BCUT2D eigenvalue weighted by Gasteiger charge is 2.22. The average Bonchev–Trinajstić information content (AvgIpc) is 3.48. The van der Waals surface area contributed by atoms with E-state index in [2.05, 4.69) is 39.0 Å². The minimum atomic E-state index is -0.139. The van der Waals surface area contributed by atoms with Gasteiger partial charge >= 0.3 is 0 Å². The smallest absolute Gasteiger partial charge is 0.153 e. The van der Waals surface area contributed by atoms with Crippen LogP contribution in [0.3, 0.4) is 0 Å². The van der Waals surface area contributed by atoms with Crippen LogP contribution in [0.25, 0.3) is 0 Å². The Labute approximate surface area is 195 Å². The van der Waals surface area contributed by atoms with Crippen molar-refractivity contribution in [3.05, 3.63) is 23.9 Å². The van der Waals surface area contributed by atoms with Crippen LogP contribution in [0.4, 0.5) is 17.5 Å². The number of aliphatic hydroxyl groups is 1. The van der Waals surface area contributed by atoms with Crippen LogP contribution in [-0.4, -0.2) is 37.7 Å². The van der Waals surface area contributed by atoms with Crippen molar-refractivity contribution >= 4 is 29.2 Å². The molecule has 3 saturated carbocycles. The Hall–Kier alpha value is -1.73. The van der Waals surface area contributed by atoms with Gasteiger partial charge in [-0.15, -0.1) is 11.8 Å². The molecule has 0 unspecified atom stereocenters. The first-order valence-electron chi connectivity index (χ1n) is 12.7. The van der Waals surface area contributed by atoms with Gasteiger partial charge in [-0.2, -0.15) is 5.10 Å². The zero-order valence-electron chi connectivity index (χ0n) is 19.0. The number of anilines is 3. The lowest BCUT2D eigenvalue weighted by molar-refractivity contribution is 0.126. The Bertz CT molecular complexity index is 867. The van der Waals surface area contributed by atoms with Crippen LogP contribution in [-0.2, 0) is 0 Å². The molecule has 3 fully saturated rings. The first kappa shape index (κ1) is 22.1. The highest BCUT2D eigenvalue weighted by Crippen LogP contribution is 2.37. The van der Waals surface area contributed by atoms with Crippen LogP contribution in [0, 0.1) is 0 Å². The van der Waals surface area contributed by atoms with Crippen molar-refractivity contribution < 1.29 is 5.11 Å². The SMILES string of the molecule is OC1CCC(Nc2cc(SC3CCCCC3)cc(Nc3cc(C4CCCC4)[nH]n3)n2)CC1. The quantitative estimate of drug-likeness (QED) is 0.389. The van der Waals surface area contributed by atoms with Crippen LogP contribution < -0.4 is 10.6 Å². The third-order valence-electron chi connectivity index (χ3n) is 7.35. The average molecular weight is 456 g/mol. The van der Waals surface area contributed by atoms with E-state index < -0.39 is 0 Å². The van der Waals surface area contributed by atoms with Gasteiger partial charge < -0.3 is 15.7 Å². The maximum Gasteiger partial charge on any atom is 0.153 e. The molecule has 0 bridgehead atoms. The van der Waals surface area contributed by atoms with Gasteiger partial charge in [-0.1, -0.05) is 32.1 Å². The summed E-state index contributed by atoms with van der Waals surface area (Å²) in [5.41, 5.74) is 1.25. The van der Waals surface area contributed by atoms with Crippen molar-refractivity contribution in [2.75, 3.05) is 10.6 Å². The van der Waals surface area contributed by atoms with Gasteiger partial charge in [0, 0.05) is 33.9 Å². The number of hydrogen-bond donors (Lipinski definition) is 4. The zero-order valence-corrected chi connectivity index (χ0v) is 19.8. The molecule has 0 spiro atoms. The van der Waals surface area contributed by atoms with Gasteiger partial charge in [-0.25, -0.2) is 4.98 Å². The summed E-state index contributed by atoms with van der Waals surface area (Å²) in [5, 5.41) is 25.4. The standard InChI is InChI=1S/C25H37N5OS/c31-19-12-10-18(11-13-19)26-23-14-21(32-20-8-2-1-3-9-20)15-24(27-23)28-25-16-22(29-30-25)17-6-4-5-7-17/h14-20,31H,1-13H2,(H3,26,27,28,29,30). The van der Waals surface area contributed by atoms with Crippen molar-refractivity contribution in [1.82, 2.24) is 15.2 Å². The molecule has 0 amide bonds. The lowest BCUT2D eigenvalue weighted by Gasteiger charge is -2.27. The summed E-state index contributed by atoms with van der Waals surface area (Å²) in [4.78, 5) is 6.17. The zero-order chi connectivity index (χ0) is 21.8. The number of thioether (sulfide) groups is 1. The molecular weight excluding hydrogens is 418 g/mol. The Morgan fingerprint density at radius 2 is 1.53 bits per heavy atom.